The SMILES string of the molecule is CC(=O)C(N=Nc1cc(Cl)cc(C(=O)Nc2c(Cl)cc(Cl)cc2Cl)c1)C(=O)Nc1ccc(NC(=O)C(N=Nc2cc(Cl)cc(C(=O)Nc3c(Cl)cc(Cl)cc3Cl)c2)C(C)=O)c(C)c1C. The standard InChI is InChI=1S/C42H30Cl8N8O6/c1-17-18(2)34(52-42(64)36(20(4)60)58-56-28-10-22(8-24(44)12-28)40(62)54-38-31(49)15-26(46)16-32(38)50)6-5-33(17)51-41(63)35(19(3)59)57-55-27-9-21(7-23(43)11-27)39(61)53-37-29(47)13-25(45)14-30(37)48/h5-16,35-36H,1-4H3,(H,51,63)(H,52,64)(H,53,61)(H,54,62). The van der Waals surface area contributed by atoms with Gasteiger partial charge in [-0.05, 0) is 112 Å². The van der Waals surface area contributed by atoms with Gasteiger partial charge in [0, 0.05) is 42.6 Å². The first kappa shape index (κ1) is 49.8. The molecule has 0 aliphatic rings. The quantitative estimate of drug-likeness (QED) is 0.0630. The molecule has 2 unspecified atom stereocenters. The summed E-state index contributed by atoms with van der Waals surface area (Å²) in [6.07, 6.45) is 0. The van der Waals surface area contributed by atoms with Crippen molar-refractivity contribution in [2.24, 2.45) is 20.5 Å². The molecule has 2 atom stereocenters. The second-order valence-electron chi connectivity index (χ2n) is 13.6. The first-order valence-corrected chi connectivity index (χ1v) is 21.2. The molecule has 64 heavy (non-hydrogen) atoms. The van der Waals surface area contributed by atoms with Gasteiger partial charge in [-0.25, -0.2) is 0 Å². The molecule has 4 amide bonds. The fourth-order valence-electron chi connectivity index (χ4n) is 5.60. The summed E-state index contributed by atoms with van der Waals surface area (Å²) in [7, 11) is 0. The highest BCUT2D eigenvalue weighted by molar-refractivity contribution is 6.43. The molecule has 14 nitrogen and oxygen atoms in total. The highest BCUT2D eigenvalue weighted by atomic mass is 35.5. The maximum absolute atomic E-state index is 13.4. The number of amides is 4. The van der Waals surface area contributed by atoms with Crippen molar-refractivity contribution >= 4 is 162 Å². The molecule has 22 heteroatoms. The van der Waals surface area contributed by atoms with Crippen LogP contribution in [0.4, 0.5) is 34.1 Å². The van der Waals surface area contributed by atoms with E-state index in [1.165, 1.54) is 72.8 Å². The van der Waals surface area contributed by atoms with Crippen LogP contribution in [0.2, 0.25) is 40.2 Å². The van der Waals surface area contributed by atoms with Crippen molar-refractivity contribution in [1.82, 2.24) is 0 Å². The predicted octanol–water partition coefficient (Wildman–Crippen LogP) is 13.4. The number of azo groups is 2. The number of hydrogen-bond acceptors (Lipinski definition) is 10. The Morgan fingerprint density at radius 2 is 0.766 bits per heavy atom. The van der Waals surface area contributed by atoms with Crippen molar-refractivity contribution in [2.75, 3.05) is 21.3 Å². The summed E-state index contributed by atoms with van der Waals surface area (Å²) in [4.78, 5) is 78.2. The Hall–Kier alpha value is -5.16. The number of nitrogens with zero attached hydrogens (tertiary/aromatic N) is 4. The van der Waals surface area contributed by atoms with Crippen molar-refractivity contribution in [3.05, 3.63) is 135 Å². The summed E-state index contributed by atoms with van der Waals surface area (Å²) in [5.74, 6) is -4.28. The lowest BCUT2D eigenvalue weighted by molar-refractivity contribution is -0.127. The smallest absolute Gasteiger partial charge is 0.258 e. The fraction of sp³-hybridized carbons (Fsp3) is 0.143. The summed E-state index contributed by atoms with van der Waals surface area (Å²) in [6.45, 7) is 5.60. The second kappa shape index (κ2) is 21.7. The van der Waals surface area contributed by atoms with Gasteiger partial charge >= 0.3 is 0 Å². The first-order chi connectivity index (χ1) is 30.1. The number of benzene rings is 5. The molecule has 0 saturated carbocycles. The zero-order valence-corrected chi connectivity index (χ0v) is 39.4. The van der Waals surface area contributed by atoms with E-state index in [1.807, 2.05) is 0 Å². The molecule has 0 heterocycles. The van der Waals surface area contributed by atoms with Gasteiger partial charge in [0.1, 0.15) is 0 Å². The van der Waals surface area contributed by atoms with Crippen LogP contribution in [0.5, 0.6) is 0 Å². The number of carbonyl (C=O) groups excluding carboxylic acids is 6. The normalized spacial score (nSPS) is 12.2. The zero-order chi connectivity index (χ0) is 47.2. The van der Waals surface area contributed by atoms with E-state index in [4.69, 9.17) is 92.8 Å². The van der Waals surface area contributed by atoms with E-state index in [1.54, 1.807) is 13.8 Å². The van der Waals surface area contributed by atoms with E-state index in [2.05, 4.69) is 41.7 Å². The number of anilines is 4. The van der Waals surface area contributed by atoms with Crippen LogP contribution in [0.15, 0.2) is 93.3 Å². The Labute approximate surface area is 405 Å². The molecule has 5 aromatic rings. The number of carbonyl (C=O) groups is 6. The average molecular weight is 1030 g/mol. The number of rotatable bonds is 14. The van der Waals surface area contributed by atoms with Gasteiger partial charge in [-0.2, -0.15) is 20.5 Å². The van der Waals surface area contributed by atoms with Crippen molar-refractivity contribution < 1.29 is 28.8 Å². The van der Waals surface area contributed by atoms with Crippen molar-refractivity contribution in [3.8, 4) is 0 Å². The van der Waals surface area contributed by atoms with Crippen LogP contribution in [0, 0.1) is 13.8 Å². The second-order valence-corrected chi connectivity index (χ2v) is 17.0. The molecule has 330 valence electrons. The molecule has 0 bridgehead atoms. The van der Waals surface area contributed by atoms with E-state index in [9.17, 15) is 28.8 Å². The molecule has 0 spiro atoms. The molecule has 0 aromatic heterocycles. The summed E-state index contributed by atoms with van der Waals surface area (Å²) in [5.41, 5.74) is 1.91. The first-order valence-electron chi connectivity index (χ1n) is 18.2. The van der Waals surface area contributed by atoms with Gasteiger partial charge in [0.25, 0.3) is 23.6 Å². The highest BCUT2D eigenvalue weighted by Crippen LogP contribution is 2.36. The summed E-state index contributed by atoms with van der Waals surface area (Å²) >= 11 is 49.2. The van der Waals surface area contributed by atoms with E-state index < -0.39 is 47.3 Å². The minimum atomic E-state index is -1.62. The van der Waals surface area contributed by atoms with Gasteiger partial charge in [-0.3, -0.25) is 28.8 Å². The Morgan fingerprint density at radius 1 is 0.453 bits per heavy atom. The van der Waals surface area contributed by atoms with Crippen LogP contribution in [0.3, 0.4) is 0 Å². The van der Waals surface area contributed by atoms with Crippen LogP contribution in [-0.4, -0.2) is 47.3 Å². The van der Waals surface area contributed by atoms with Gasteiger partial charge in [0.2, 0.25) is 12.1 Å². The van der Waals surface area contributed by atoms with Gasteiger partial charge in [0.05, 0.1) is 42.8 Å². The van der Waals surface area contributed by atoms with E-state index in [0.29, 0.717) is 11.1 Å². The van der Waals surface area contributed by atoms with Crippen molar-refractivity contribution in [3.63, 3.8) is 0 Å². The Balaban J connectivity index is 1.27. The average Bonchev–Trinajstić information content (AvgIpc) is 3.19. The lowest BCUT2D eigenvalue weighted by Gasteiger charge is -2.17. The van der Waals surface area contributed by atoms with E-state index in [-0.39, 0.29) is 85.4 Å². The lowest BCUT2D eigenvalue weighted by atomic mass is 10.0. The minimum Gasteiger partial charge on any atom is -0.324 e. The zero-order valence-electron chi connectivity index (χ0n) is 33.3. The molecule has 0 fully saturated rings. The number of halogens is 8. The predicted molar refractivity (Wildman–Crippen MR) is 253 cm³/mol. The molecule has 5 aromatic carbocycles. The largest absolute Gasteiger partial charge is 0.324 e. The summed E-state index contributed by atoms with van der Waals surface area (Å²) in [5, 5.41) is 27.5. The molecule has 0 saturated heterocycles. The minimum absolute atomic E-state index is 0.0355. The number of hydrogen-bond donors (Lipinski definition) is 4. The van der Waals surface area contributed by atoms with E-state index >= 15 is 0 Å². The topological polar surface area (TPSA) is 200 Å². The molecular formula is C42H30Cl8N8O6. The highest BCUT2D eigenvalue weighted by Gasteiger charge is 2.27. The third-order valence-electron chi connectivity index (χ3n) is 8.93. The maximum Gasteiger partial charge on any atom is 0.258 e. The van der Waals surface area contributed by atoms with Gasteiger partial charge in [0.15, 0.2) is 11.6 Å². The van der Waals surface area contributed by atoms with Crippen LogP contribution in [0.1, 0.15) is 45.7 Å². The Morgan fingerprint density at radius 3 is 1.08 bits per heavy atom. The molecule has 0 aliphatic carbocycles. The number of ketones is 2. The monoisotopic (exact) mass is 1020 g/mol. The molecule has 0 radical (unpaired) electrons. The maximum atomic E-state index is 13.4. The molecular weight excluding hydrogens is 996 g/mol. The van der Waals surface area contributed by atoms with Gasteiger partial charge in [-0.1, -0.05) is 92.8 Å². The molecule has 5 rings (SSSR count). The van der Waals surface area contributed by atoms with Gasteiger partial charge < -0.3 is 21.3 Å². The molecule has 4 N–H and O–H groups in total. The Kier molecular flexibility index (Phi) is 16.9. The van der Waals surface area contributed by atoms with Crippen molar-refractivity contribution in [2.45, 2.75) is 39.8 Å². The van der Waals surface area contributed by atoms with Crippen LogP contribution < -0.4 is 21.3 Å². The molecule has 0 aliphatic heterocycles. The van der Waals surface area contributed by atoms with Crippen LogP contribution in [0.25, 0.3) is 0 Å². The third-order valence-corrected chi connectivity index (χ3v) is 11.0. The van der Waals surface area contributed by atoms with Gasteiger partial charge in [-0.15, -0.1) is 0 Å². The summed E-state index contributed by atoms with van der Waals surface area (Å²) in [6, 6.07) is 13.4. The summed E-state index contributed by atoms with van der Waals surface area (Å²) < 4.78 is 0. The number of Topliss-reactive ketones (excluding diaryl/α,β-unsaturated/α-hetero) is 2. The van der Waals surface area contributed by atoms with Crippen molar-refractivity contribution in [1.29, 1.82) is 0 Å². The van der Waals surface area contributed by atoms with Crippen LogP contribution >= 0.6 is 92.8 Å². The fourth-order valence-corrected chi connectivity index (χ4v) is 7.88. The lowest BCUT2D eigenvalue weighted by Crippen LogP contribution is -2.33. The van der Waals surface area contributed by atoms with Crippen LogP contribution in [-0.2, 0) is 19.2 Å². The number of nitrogens with one attached hydrogen (secondary N) is 4. The Bertz CT molecular complexity index is 2590. The van der Waals surface area contributed by atoms with E-state index in [0.717, 1.165) is 13.8 Å². The third kappa shape index (κ3) is 12.8.